The van der Waals surface area contributed by atoms with Gasteiger partial charge in [-0.15, -0.1) is 0 Å². The summed E-state index contributed by atoms with van der Waals surface area (Å²) in [5.74, 6) is -2.45. The maximum atomic E-state index is 14.1. The lowest BCUT2D eigenvalue weighted by Gasteiger charge is -2.41. The van der Waals surface area contributed by atoms with E-state index in [1.165, 1.54) is 57.4 Å². The van der Waals surface area contributed by atoms with E-state index >= 15 is 0 Å². The second-order valence-electron chi connectivity index (χ2n) is 14.2. The molecule has 1 aromatic carbocycles. The Labute approximate surface area is 317 Å². The number of esters is 1. The Kier molecular flexibility index (Phi) is 11.9. The van der Waals surface area contributed by atoms with Crippen LogP contribution in [0, 0.1) is 5.92 Å². The number of fused-ring (bicyclic) bond motifs is 5. The molecule has 1 aromatic heterocycles. The number of benzene rings is 1. The molecule has 290 valence electrons. The van der Waals surface area contributed by atoms with Crippen LogP contribution in [0.25, 0.3) is 0 Å². The summed E-state index contributed by atoms with van der Waals surface area (Å²) in [6.45, 7) is 6.07. The lowest BCUT2D eigenvalue weighted by molar-refractivity contribution is -0.154. The molecule has 2 saturated heterocycles. The molecule has 3 amide bonds. The Bertz CT molecular complexity index is 1880. The number of alkyl carbamates (subject to hydrolysis) is 1. The minimum atomic E-state index is -2.08. The molecule has 5 rings (SSSR count). The molecule has 3 unspecified atom stereocenters. The second-order valence-corrected chi connectivity index (χ2v) is 14.6. The van der Waals surface area contributed by atoms with Crippen molar-refractivity contribution in [2.24, 2.45) is 5.92 Å². The van der Waals surface area contributed by atoms with E-state index in [1.54, 1.807) is 38.1 Å². The first-order valence-corrected chi connectivity index (χ1v) is 17.7. The van der Waals surface area contributed by atoms with Gasteiger partial charge in [0.05, 0.1) is 30.9 Å². The third kappa shape index (κ3) is 8.59. The SMILES string of the molecule is COc1cc2cc(c1Cl)N(C)C(=O)C[C@H](OC(=O)CN(C)C(=O)c1ccc(C(C)=O)nc1)C1(C)OC1C(C)[C@@H]1C[C@@](O)(NC(=O)O1)[C@H](O)/C=C/C=C(\C)C2. The largest absolute Gasteiger partial charge is 0.495 e. The number of anilines is 1. The van der Waals surface area contributed by atoms with Crippen LogP contribution >= 0.6 is 11.6 Å². The number of hydrogen-bond acceptors (Lipinski definition) is 12. The summed E-state index contributed by atoms with van der Waals surface area (Å²) in [5.41, 5.74) is -1.11. The number of likely N-dealkylation sites (N-methyl/N-ethyl adjacent to an activating group) is 1. The van der Waals surface area contributed by atoms with E-state index in [1.807, 2.05) is 6.92 Å². The number of nitrogens with zero attached hydrogens (tertiary/aromatic N) is 3. The molecule has 16 heteroatoms. The van der Waals surface area contributed by atoms with Crippen molar-refractivity contribution in [3.63, 3.8) is 0 Å². The molecule has 2 aromatic rings. The van der Waals surface area contributed by atoms with Crippen molar-refractivity contribution in [2.45, 2.75) is 82.7 Å². The van der Waals surface area contributed by atoms with Gasteiger partial charge < -0.3 is 39.0 Å². The first kappa shape index (κ1) is 40.4. The summed E-state index contributed by atoms with van der Waals surface area (Å²) in [6.07, 6.45) is 0.350. The summed E-state index contributed by atoms with van der Waals surface area (Å²) < 4.78 is 23.2. The van der Waals surface area contributed by atoms with Gasteiger partial charge in [0.1, 0.15) is 46.9 Å². The zero-order valence-corrected chi connectivity index (χ0v) is 31.9. The number of halogens is 1. The number of pyridine rings is 1. The second kappa shape index (κ2) is 15.9. The molecule has 0 saturated carbocycles. The molecule has 4 bridgehead atoms. The average molecular weight is 769 g/mol. The van der Waals surface area contributed by atoms with Crippen LogP contribution in [0.2, 0.25) is 5.02 Å². The van der Waals surface area contributed by atoms with Crippen LogP contribution in [0.4, 0.5) is 10.5 Å². The first-order chi connectivity index (χ1) is 25.4. The summed E-state index contributed by atoms with van der Waals surface area (Å²) in [7, 11) is 4.38. The van der Waals surface area contributed by atoms with Crippen LogP contribution < -0.4 is 15.0 Å². The highest BCUT2D eigenvalue weighted by Gasteiger charge is 2.64. The number of rotatable bonds is 6. The van der Waals surface area contributed by atoms with Gasteiger partial charge in [0.2, 0.25) is 5.91 Å². The number of carbonyl (C=O) groups excluding carboxylic acids is 5. The molecular formula is C38H45ClN4O11. The summed E-state index contributed by atoms with van der Waals surface area (Å²) in [4.78, 5) is 71.4. The highest BCUT2D eigenvalue weighted by Crippen LogP contribution is 2.49. The highest BCUT2D eigenvalue weighted by molar-refractivity contribution is 6.35. The lowest BCUT2D eigenvalue weighted by Crippen LogP contribution is -2.63. The molecule has 0 radical (unpaired) electrons. The molecule has 54 heavy (non-hydrogen) atoms. The topological polar surface area (TPSA) is 197 Å². The molecular weight excluding hydrogens is 724 g/mol. The van der Waals surface area contributed by atoms with Gasteiger partial charge in [-0.25, -0.2) is 4.79 Å². The third-order valence-electron chi connectivity index (χ3n) is 10.1. The number of amides is 3. The maximum absolute atomic E-state index is 14.1. The number of methoxy groups -OCH3 is 1. The maximum Gasteiger partial charge on any atom is 0.409 e. The van der Waals surface area contributed by atoms with Crippen molar-refractivity contribution < 1.29 is 53.1 Å². The van der Waals surface area contributed by atoms with Gasteiger partial charge in [0, 0.05) is 39.6 Å². The third-order valence-corrected chi connectivity index (χ3v) is 10.5. The Morgan fingerprint density at radius 1 is 1.22 bits per heavy atom. The minimum Gasteiger partial charge on any atom is -0.495 e. The molecule has 2 fully saturated rings. The van der Waals surface area contributed by atoms with Crippen LogP contribution in [-0.4, -0.2) is 113 Å². The number of ether oxygens (including phenoxy) is 4. The van der Waals surface area contributed by atoms with Gasteiger partial charge in [-0.1, -0.05) is 42.3 Å². The molecule has 3 aliphatic heterocycles. The van der Waals surface area contributed by atoms with Crippen LogP contribution in [0.5, 0.6) is 5.75 Å². The predicted octanol–water partition coefficient (Wildman–Crippen LogP) is 3.38. The Hall–Kier alpha value is -4.83. The number of Topliss-reactive ketones (excluding diaryl/α,β-unsaturated/α-hetero) is 1. The van der Waals surface area contributed by atoms with Crippen molar-refractivity contribution in [3.05, 3.63) is 76.1 Å². The van der Waals surface area contributed by atoms with E-state index in [2.05, 4.69) is 10.3 Å². The molecule has 15 nitrogen and oxygen atoms in total. The van der Waals surface area contributed by atoms with E-state index in [0.29, 0.717) is 17.9 Å². The quantitative estimate of drug-likeness (QED) is 0.221. The van der Waals surface area contributed by atoms with Gasteiger partial charge in [0.25, 0.3) is 5.91 Å². The van der Waals surface area contributed by atoms with Crippen molar-refractivity contribution in [1.29, 1.82) is 0 Å². The fraction of sp³-hybridized carbons (Fsp3) is 0.474. The van der Waals surface area contributed by atoms with Crippen molar-refractivity contribution in [1.82, 2.24) is 15.2 Å². The lowest BCUT2D eigenvalue weighted by atomic mass is 9.83. The van der Waals surface area contributed by atoms with Gasteiger partial charge in [-0.3, -0.25) is 29.5 Å². The number of aliphatic hydroxyl groups is 2. The van der Waals surface area contributed by atoms with E-state index in [4.69, 9.17) is 30.5 Å². The zero-order valence-electron chi connectivity index (χ0n) is 31.1. The van der Waals surface area contributed by atoms with E-state index < -0.39 is 72.1 Å². The minimum absolute atomic E-state index is 0.141. The fourth-order valence-corrected chi connectivity index (χ4v) is 7.07. The van der Waals surface area contributed by atoms with Crippen molar-refractivity contribution >= 4 is 46.9 Å². The van der Waals surface area contributed by atoms with Gasteiger partial charge >= 0.3 is 12.1 Å². The number of ketones is 1. The number of aromatic nitrogens is 1. The number of aliphatic hydroxyl groups excluding tert-OH is 1. The number of carbonyl (C=O) groups is 5. The number of epoxide rings is 1. The molecule has 7 atom stereocenters. The van der Waals surface area contributed by atoms with Gasteiger partial charge in [-0.2, -0.15) is 0 Å². The molecule has 0 spiro atoms. The van der Waals surface area contributed by atoms with Gasteiger partial charge in [0.15, 0.2) is 11.5 Å². The van der Waals surface area contributed by atoms with Crippen molar-refractivity contribution in [2.75, 3.05) is 32.6 Å². The summed E-state index contributed by atoms with van der Waals surface area (Å²) in [5, 5.41) is 24.9. The Morgan fingerprint density at radius 3 is 2.59 bits per heavy atom. The van der Waals surface area contributed by atoms with E-state index in [0.717, 1.165) is 16.0 Å². The summed E-state index contributed by atoms with van der Waals surface area (Å²) in [6, 6.07) is 6.32. The molecule has 3 aliphatic rings. The molecule has 0 aliphatic carbocycles. The standard InChI is InChI=1S/C38H45ClN4O11/c1-20-9-8-10-29(45)38(50)17-28(52-36(49)41-38)21(2)34-37(4,54-34)30(16-31(46)43(6)26-14-23(13-20)15-27(51-7)33(26)39)53-32(47)19-42(5)35(48)24-11-12-25(22(3)44)40-18-24/h8-12,14-15,18,21,28-30,34,45,50H,13,16-17,19H2,1-7H3,(H,41,49)/b10-8+,20-9+/t21?,28-,29+,30-,34?,37?,38-/m0/s1. The predicted molar refractivity (Wildman–Crippen MR) is 195 cm³/mol. The molecule has 3 N–H and O–H groups in total. The number of hydrogen-bond donors (Lipinski definition) is 3. The van der Waals surface area contributed by atoms with Gasteiger partial charge in [-0.05, 0) is 50.1 Å². The van der Waals surface area contributed by atoms with Crippen LogP contribution in [0.3, 0.4) is 0 Å². The molecule has 4 heterocycles. The van der Waals surface area contributed by atoms with Crippen molar-refractivity contribution in [3.8, 4) is 5.75 Å². The van der Waals surface area contributed by atoms with Crippen LogP contribution in [-0.2, 0) is 30.2 Å². The highest BCUT2D eigenvalue weighted by atomic mass is 35.5. The smallest absolute Gasteiger partial charge is 0.409 e. The van der Waals surface area contributed by atoms with E-state index in [-0.39, 0.29) is 34.9 Å². The van der Waals surface area contributed by atoms with Crippen LogP contribution in [0.15, 0.2) is 54.3 Å². The summed E-state index contributed by atoms with van der Waals surface area (Å²) >= 11 is 6.71. The van der Waals surface area contributed by atoms with E-state index in [9.17, 15) is 34.2 Å². The Balaban J connectivity index is 1.47. The first-order valence-electron chi connectivity index (χ1n) is 17.3. The zero-order chi connectivity index (χ0) is 39.7. The Morgan fingerprint density at radius 2 is 1.94 bits per heavy atom. The average Bonchev–Trinajstić information content (AvgIpc) is 3.82. The fourth-order valence-electron chi connectivity index (χ4n) is 6.75. The normalized spacial score (nSPS) is 30.1. The monoisotopic (exact) mass is 768 g/mol. The number of nitrogens with one attached hydrogen (secondary N) is 1. The van der Waals surface area contributed by atoms with Crippen LogP contribution in [0.1, 0.15) is 66.9 Å². The number of allylic oxidation sites excluding steroid dienone is 3.